The predicted octanol–water partition coefficient (Wildman–Crippen LogP) is 1.86. The number of likely N-dealkylation sites (N-methyl/N-ethyl adjacent to an activating group) is 1. The molecule has 0 aliphatic heterocycles. The van der Waals surface area contributed by atoms with Crippen molar-refractivity contribution >= 4 is 11.9 Å². The highest BCUT2D eigenvalue weighted by molar-refractivity contribution is 5.87. The maximum atomic E-state index is 12.8. The predicted molar refractivity (Wildman–Crippen MR) is 67.1 cm³/mol. The van der Waals surface area contributed by atoms with Crippen molar-refractivity contribution in [2.45, 2.75) is 25.3 Å². The molecule has 1 amide bonds. The highest BCUT2D eigenvalue weighted by atomic mass is 19.1. The van der Waals surface area contributed by atoms with E-state index in [0.29, 0.717) is 6.42 Å². The van der Waals surface area contributed by atoms with E-state index in [1.807, 2.05) is 0 Å². The Morgan fingerprint density at radius 2 is 1.95 bits per heavy atom. The van der Waals surface area contributed by atoms with Gasteiger partial charge in [-0.15, -0.1) is 0 Å². The fourth-order valence-electron chi connectivity index (χ4n) is 2.16. The van der Waals surface area contributed by atoms with E-state index in [9.17, 15) is 14.0 Å². The quantitative estimate of drug-likeness (QED) is 0.904. The Kier molecular flexibility index (Phi) is 3.55. The molecule has 0 radical (unpaired) electrons. The zero-order chi connectivity index (χ0) is 14.2. The number of rotatable bonds is 4. The van der Waals surface area contributed by atoms with Crippen LogP contribution in [0.5, 0.6) is 0 Å². The molecule has 1 N–H and O–H groups in total. The summed E-state index contributed by atoms with van der Waals surface area (Å²) in [7, 11) is 1.50. The smallest absolute Gasteiger partial charge is 0.326 e. The normalized spacial score (nSPS) is 22.7. The third kappa shape index (κ3) is 2.75. The topological polar surface area (TPSA) is 57.6 Å². The van der Waals surface area contributed by atoms with Crippen molar-refractivity contribution in [3.8, 4) is 0 Å². The summed E-state index contributed by atoms with van der Waals surface area (Å²) in [5, 5.41) is 8.88. The Morgan fingerprint density at radius 1 is 1.37 bits per heavy atom. The molecule has 3 unspecified atom stereocenters. The summed E-state index contributed by atoms with van der Waals surface area (Å²) in [5.41, 5.74) is 0.927. The lowest BCUT2D eigenvalue weighted by atomic mass is 10.1. The minimum absolute atomic E-state index is 0.0801. The van der Waals surface area contributed by atoms with Crippen molar-refractivity contribution in [3.63, 3.8) is 0 Å². The van der Waals surface area contributed by atoms with E-state index in [-0.39, 0.29) is 23.6 Å². The standard InChI is InChI=1S/C14H16FNO3/c1-8(14(18)19)16(2)13(17)12-7-11(12)9-3-5-10(15)6-4-9/h3-6,8,11-12H,7H2,1-2H3,(H,18,19). The molecule has 1 aliphatic rings. The van der Waals surface area contributed by atoms with Gasteiger partial charge in [0.25, 0.3) is 0 Å². The van der Waals surface area contributed by atoms with Gasteiger partial charge in [-0.3, -0.25) is 4.79 Å². The van der Waals surface area contributed by atoms with Crippen LogP contribution in [-0.2, 0) is 9.59 Å². The molecule has 3 atom stereocenters. The van der Waals surface area contributed by atoms with E-state index in [4.69, 9.17) is 5.11 Å². The number of carboxylic acids is 1. The number of amides is 1. The van der Waals surface area contributed by atoms with E-state index in [2.05, 4.69) is 0 Å². The van der Waals surface area contributed by atoms with Crippen LogP contribution >= 0.6 is 0 Å². The summed E-state index contributed by atoms with van der Waals surface area (Å²) in [6.45, 7) is 1.48. The van der Waals surface area contributed by atoms with Gasteiger partial charge in [-0.05, 0) is 37.0 Å². The number of carboxylic acid groups (broad SMARTS) is 1. The molecule has 0 aromatic heterocycles. The first kappa shape index (κ1) is 13.5. The van der Waals surface area contributed by atoms with E-state index in [0.717, 1.165) is 5.56 Å². The Hall–Kier alpha value is -1.91. The monoisotopic (exact) mass is 265 g/mol. The van der Waals surface area contributed by atoms with Gasteiger partial charge in [0.15, 0.2) is 0 Å². The lowest BCUT2D eigenvalue weighted by Crippen LogP contribution is -2.41. The molecule has 19 heavy (non-hydrogen) atoms. The van der Waals surface area contributed by atoms with Gasteiger partial charge in [0.2, 0.25) is 5.91 Å². The molecule has 4 nitrogen and oxygen atoms in total. The Morgan fingerprint density at radius 3 is 2.47 bits per heavy atom. The summed E-state index contributed by atoms with van der Waals surface area (Å²) in [4.78, 5) is 24.2. The van der Waals surface area contributed by atoms with Crippen molar-refractivity contribution in [1.82, 2.24) is 4.90 Å². The molecular weight excluding hydrogens is 249 g/mol. The number of carbonyl (C=O) groups excluding carboxylic acids is 1. The van der Waals surface area contributed by atoms with Crippen LogP contribution in [0.25, 0.3) is 0 Å². The molecule has 1 fully saturated rings. The van der Waals surface area contributed by atoms with E-state index in [1.54, 1.807) is 12.1 Å². The van der Waals surface area contributed by atoms with Crippen molar-refractivity contribution in [2.75, 3.05) is 7.05 Å². The second-order valence-corrected chi connectivity index (χ2v) is 4.96. The van der Waals surface area contributed by atoms with Gasteiger partial charge >= 0.3 is 5.97 Å². The summed E-state index contributed by atoms with van der Waals surface area (Å²) in [6.07, 6.45) is 0.696. The summed E-state index contributed by atoms with van der Waals surface area (Å²) in [5.74, 6) is -1.59. The van der Waals surface area contributed by atoms with Gasteiger partial charge < -0.3 is 10.0 Å². The minimum atomic E-state index is -1.02. The van der Waals surface area contributed by atoms with Crippen molar-refractivity contribution in [1.29, 1.82) is 0 Å². The number of nitrogens with zero attached hydrogens (tertiary/aromatic N) is 1. The molecule has 5 heteroatoms. The molecule has 0 bridgehead atoms. The van der Waals surface area contributed by atoms with Crippen LogP contribution in [0.3, 0.4) is 0 Å². The van der Waals surface area contributed by atoms with Crippen molar-refractivity contribution in [3.05, 3.63) is 35.6 Å². The number of aliphatic carboxylic acids is 1. The number of carbonyl (C=O) groups is 2. The van der Waals surface area contributed by atoms with Gasteiger partial charge in [-0.25, -0.2) is 9.18 Å². The van der Waals surface area contributed by atoms with Crippen LogP contribution in [0, 0.1) is 11.7 Å². The second-order valence-electron chi connectivity index (χ2n) is 4.96. The summed E-state index contributed by atoms with van der Waals surface area (Å²) in [6, 6.07) is 5.27. The molecule has 2 rings (SSSR count). The molecule has 1 saturated carbocycles. The van der Waals surface area contributed by atoms with Gasteiger partial charge in [0, 0.05) is 13.0 Å². The number of halogens is 1. The highest BCUT2D eigenvalue weighted by Gasteiger charge is 2.46. The zero-order valence-electron chi connectivity index (χ0n) is 10.8. The first-order chi connectivity index (χ1) is 8.91. The molecule has 102 valence electrons. The Labute approximate surface area is 110 Å². The largest absolute Gasteiger partial charge is 0.480 e. The number of hydrogen-bond acceptors (Lipinski definition) is 2. The molecule has 1 aliphatic carbocycles. The SMILES string of the molecule is CC(C(=O)O)N(C)C(=O)C1CC1c1ccc(F)cc1. The fourth-order valence-corrected chi connectivity index (χ4v) is 2.16. The highest BCUT2D eigenvalue weighted by Crippen LogP contribution is 2.48. The minimum Gasteiger partial charge on any atom is -0.480 e. The maximum Gasteiger partial charge on any atom is 0.326 e. The lowest BCUT2D eigenvalue weighted by Gasteiger charge is -2.21. The van der Waals surface area contributed by atoms with Crippen LogP contribution in [-0.4, -0.2) is 35.0 Å². The van der Waals surface area contributed by atoms with E-state index >= 15 is 0 Å². The van der Waals surface area contributed by atoms with E-state index < -0.39 is 12.0 Å². The van der Waals surface area contributed by atoms with Crippen LogP contribution in [0.1, 0.15) is 24.8 Å². The Bertz CT molecular complexity index is 500. The van der Waals surface area contributed by atoms with Crippen LogP contribution in [0.4, 0.5) is 4.39 Å². The van der Waals surface area contributed by atoms with E-state index in [1.165, 1.54) is 31.0 Å². The Balaban J connectivity index is 2.01. The summed E-state index contributed by atoms with van der Waals surface area (Å²) < 4.78 is 12.8. The first-order valence-corrected chi connectivity index (χ1v) is 6.16. The molecule has 1 aromatic carbocycles. The van der Waals surface area contributed by atoms with Gasteiger partial charge in [-0.2, -0.15) is 0 Å². The number of benzene rings is 1. The van der Waals surface area contributed by atoms with Crippen molar-refractivity contribution < 1.29 is 19.1 Å². The molecule has 0 saturated heterocycles. The van der Waals surface area contributed by atoms with Crippen LogP contribution in [0.15, 0.2) is 24.3 Å². The second kappa shape index (κ2) is 4.99. The van der Waals surface area contributed by atoms with Gasteiger partial charge in [-0.1, -0.05) is 12.1 Å². The molecule has 1 aromatic rings. The average Bonchev–Trinajstić information content (AvgIpc) is 3.17. The first-order valence-electron chi connectivity index (χ1n) is 6.16. The van der Waals surface area contributed by atoms with Gasteiger partial charge in [0.05, 0.1) is 0 Å². The molecule has 0 heterocycles. The van der Waals surface area contributed by atoms with Crippen LogP contribution < -0.4 is 0 Å². The maximum absolute atomic E-state index is 12.8. The van der Waals surface area contributed by atoms with Gasteiger partial charge in [0.1, 0.15) is 11.9 Å². The van der Waals surface area contributed by atoms with Crippen molar-refractivity contribution in [2.24, 2.45) is 5.92 Å². The fraction of sp³-hybridized carbons (Fsp3) is 0.429. The zero-order valence-corrected chi connectivity index (χ0v) is 10.8. The molecular formula is C14H16FNO3. The van der Waals surface area contributed by atoms with Crippen LogP contribution in [0.2, 0.25) is 0 Å². The third-order valence-electron chi connectivity index (χ3n) is 3.69. The third-order valence-corrected chi connectivity index (χ3v) is 3.69. The lowest BCUT2D eigenvalue weighted by molar-refractivity contribution is -0.148. The average molecular weight is 265 g/mol. The molecule has 0 spiro atoms. The number of hydrogen-bond donors (Lipinski definition) is 1. The summed E-state index contributed by atoms with van der Waals surface area (Å²) >= 11 is 0.